The summed E-state index contributed by atoms with van der Waals surface area (Å²) in [5, 5.41) is 18.4. The lowest BCUT2D eigenvalue weighted by Gasteiger charge is -2.31. The highest BCUT2D eigenvalue weighted by Crippen LogP contribution is 2.21. The van der Waals surface area contributed by atoms with E-state index in [4.69, 9.17) is 5.26 Å². The molecule has 1 fully saturated rings. The molecule has 4 heteroatoms. The lowest BCUT2D eigenvalue weighted by atomic mass is 9.95. The fourth-order valence-electron chi connectivity index (χ4n) is 2.33. The number of nitrogens with zero attached hydrogens (tertiary/aromatic N) is 2. The molecule has 0 saturated carbocycles. The molecule has 0 aliphatic carbocycles. The van der Waals surface area contributed by atoms with Gasteiger partial charge in [0.05, 0.1) is 18.7 Å². The van der Waals surface area contributed by atoms with Crippen molar-refractivity contribution in [1.29, 1.82) is 5.26 Å². The van der Waals surface area contributed by atoms with E-state index in [1.807, 2.05) is 13.8 Å². The van der Waals surface area contributed by atoms with Gasteiger partial charge in [0.25, 0.3) is 0 Å². The van der Waals surface area contributed by atoms with Gasteiger partial charge in [-0.1, -0.05) is 26.7 Å². The van der Waals surface area contributed by atoms with Gasteiger partial charge in [-0.3, -0.25) is 4.79 Å². The van der Waals surface area contributed by atoms with Crippen molar-refractivity contribution < 1.29 is 9.90 Å². The summed E-state index contributed by atoms with van der Waals surface area (Å²) in [6.07, 6.45) is 3.96. The minimum Gasteiger partial charge on any atom is -0.394 e. The van der Waals surface area contributed by atoms with E-state index in [0.717, 1.165) is 25.7 Å². The van der Waals surface area contributed by atoms with Crippen molar-refractivity contribution in [3.63, 3.8) is 0 Å². The van der Waals surface area contributed by atoms with Crippen molar-refractivity contribution in [3.05, 3.63) is 0 Å². The summed E-state index contributed by atoms with van der Waals surface area (Å²) in [6.45, 7) is 4.45. The van der Waals surface area contributed by atoms with Crippen molar-refractivity contribution in [3.8, 4) is 6.07 Å². The van der Waals surface area contributed by atoms with E-state index in [2.05, 4.69) is 6.07 Å². The number of likely N-dealkylation sites (tertiary alicyclic amines) is 1. The van der Waals surface area contributed by atoms with Crippen LogP contribution in [0.2, 0.25) is 0 Å². The second-order valence-corrected chi connectivity index (χ2v) is 5.07. The molecule has 0 radical (unpaired) electrons. The van der Waals surface area contributed by atoms with Gasteiger partial charge in [-0.15, -0.1) is 0 Å². The van der Waals surface area contributed by atoms with Crippen LogP contribution in [0.4, 0.5) is 0 Å². The maximum atomic E-state index is 12.3. The Morgan fingerprint density at radius 2 is 2.18 bits per heavy atom. The van der Waals surface area contributed by atoms with Crippen molar-refractivity contribution in [2.45, 2.75) is 45.6 Å². The van der Waals surface area contributed by atoms with Crippen LogP contribution < -0.4 is 0 Å². The minimum atomic E-state index is -0.581. The maximum Gasteiger partial charge on any atom is 0.240 e. The fraction of sp³-hybridized carbons (Fsp3) is 0.846. The topological polar surface area (TPSA) is 64.3 Å². The molecule has 0 spiro atoms. The first kappa shape index (κ1) is 14.0. The first-order valence-electron chi connectivity index (χ1n) is 6.42. The van der Waals surface area contributed by atoms with Crippen LogP contribution in [0.25, 0.3) is 0 Å². The number of nitriles is 1. The Balaban J connectivity index is 2.80. The second kappa shape index (κ2) is 6.61. The highest BCUT2D eigenvalue weighted by molar-refractivity contribution is 5.81. The Labute approximate surface area is 103 Å². The molecule has 0 aromatic carbocycles. The molecule has 1 aliphatic rings. The Hall–Kier alpha value is -1.08. The van der Waals surface area contributed by atoms with Crippen molar-refractivity contribution >= 4 is 5.91 Å². The van der Waals surface area contributed by atoms with Gasteiger partial charge in [0, 0.05) is 6.54 Å². The van der Waals surface area contributed by atoms with Gasteiger partial charge in [0.15, 0.2) is 0 Å². The molecule has 0 aromatic rings. The number of carbonyl (C=O) groups is 1. The van der Waals surface area contributed by atoms with Crippen LogP contribution in [-0.2, 0) is 4.79 Å². The number of aliphatic hydroxyl groups excluding tert-OH is 1. The lowest BCUT2D eigenvalue weighted by Crippen LogP contribution is -2.45. The summed E-state index contributed by atoms with van der Waals surface area (Å²) in [6, 6.07) is 1.99. The molecular formula is C13H22N2O2. The van der Waals surface area contributed by atoms with Crippen LogP contribution in [0, 0.1) is 23.2 Å². The summed E-state index contributed by atoms with van der Waals surface area (Å²) < 4.78 is 0. The van der Waals surface area contributed by atoms with Gasteiger partial charge >= 0.3 is 0 Å². The first-order chi connectivity index (χ1) is 8.11. The van der Waals surface area contributed by atoms with Gasteiger partial charge in [0.1, 0.15) is 5.92 Å². The van der Waals surface area contributed by atoms with Crippen LogP contribution >= 0.6 is 0 Å². The van der Waals surface area contributed by atoms with Gasteiger partial charge in [-0.25, -0.2) is 0 Å². The molecule has 1 saturated heterocycles. The molecule has 4 nitrogen and oxygen atoms in total. The van der Waals surface area contributed by atoms with Gasteiger partial charge in [-0.05, 0) is 18.8 Å². The molecule has 96 valence electrons. The number of aliphatic hydroxyl groups is 1. The third-order valence-electron chi connectivity index (χ3n) is 3.44. The Kier molecular flexibility index (Phi) is 5.43. The van der Waals surface area contributed by atoms with E-state index in [-0.39, 0.29) is 24.5 Å². The van der Waals surface area contributed by atoms with E-state index >= 15 is 0 Å². The normalized spacial score (nSPS) is 23.0. The molecule has 1 aliphatic heterocycles. The molecule has 2 atom stereocenters. The second-order valence-electron chi connectivity index (χ2n) is 5.07. The van der Waals surface area contributed by atoms with E-state index < -0.39 is 5.92 Å². The average molecular weight is 238 g/mol. The fourth-order valence-corrected chi connectivity index (χ4v) is 2.33. The van der Waals surface area contributed by atoms with E-state index in [0.29, 0.717) is 6.54 Å². The molecule has 1 rings (SSSR count). The minimum absolute atomic E-state index is 0.00197. The monoisotopic (exact) mass is 238 g/mol. The van der Waals surface area contributed by atoms with Crippen LogP contribution in [0.3, 0.4) is 0 Å². The molecule has 0 bridgehead atoms. The molecule has 1 heterocycles. The Morgan fingerprint density at radius 3 is 2.71 bits per heavy atom. The van der Waals surface area contributed by atoms with Crippen LogP contribution in [0.15, 0.2) is 0 Å². The third kappa shape index (κ3) is 3.44. The molecular weight excluding hydrogens is 216 g/mol. The van der Waals surface area contributed by atoms with Gasteiger partial charge in [0.2, 0.25) is 5.91 Å². The van der Waals surface area contributed by atoms with E-state index in [9.17, 15) is 9.90 Å². The Bertz CT molecular complexity index is 296. The SMILES string of the molecule is CC(C)C(C#N)C(=O)N1CCCCCC1CO. The number of amides is 1. The predicted octanol–water partition coefficient (Wildman–Crippen LogP) is 1.55. The molecule has 17 heavy (non-hydrogen) atoms. The lowest BCUT2D eigenvalue weighted by molar-refractivity contribution is -0.138. The summed E-state index contributed by atoms with van der Waals surface area (Å²) in [4.78, 5) is 14.0. The van der Waals surface area contributed by atoms with Crippen LogP contribution in [0.1, 0.15) is 39.5 Å². The van der Waals surface area contributed by atoms with Gasteiger partial charge < -0.3 is 10.0 Å². The highest BCUT2D eigenvalue weighted by atomic mass is 16.3. The zero-order chi connectivity index (χ0) is 12.8. The zero-order valence-electron chi connectivity index (χ0n) is 10.7. The summed E-state index contributed by atoms with van der Waals surface area (Å²) in [5.41, 5.74) is 0. The molecule has 0 aromatic heterocycles. The largest absolute Gasteiger partial charge is 0.394 e. The summed E-state index contributed by atoms with van der Waals surface area (Å²) in [7, 11) is 0. The first-order valence-corrected chi connectivity index (χ1v) is 6.42. The van der Waals surface area contributed by atoms with Crippen LogP contribution in [0.5, 0.6) is 0 Å². The van der Waals surface area contributed by atoms with Crippen molar-refractivity contribution in [1.82, 2.24) is 4.90 Å². The number of hydrogen-bond donors (Lipinski definition) is 1. The van der Waals surface area contributed by atoms with Gasteiger partial charge in [-0.2, -0.15) is 5.26 Å². The maximum absolute atomic E-state index is 12.3. The zero-order valence-corrected chi connectivity index (χ0v) is 10.7. The third-order valence-corrected chi connectivity index (χ3v) is 3.44. The summed E-state index contributed by atoms with van der Waals surface area (Å²) in [5.74, 6) is -0.666. The molecule has 2 unspecified atom stereocenters. The molecule has 1 N–H and O–H groups in total. The number of carbonyl (C=O) groups excluding carboxylic acids is 1. The average Bonchev–Trinajstić information content (AvgIpc) is 2.53. The quantitative estimate of drug-likeness (QED) is 0.811. The summed E-state index contributed by atoms with van der Waals surface area (Å²) >= 11 is 0. The Morgan fingerprint density at radius 1 is 1.47 bits per heavy atom. The van der Waals surface area contributed by atoms with Crippen molar-refractivity contribution in [2.75, 3.05) is 13.2 Å². The van der Waals surface area contributed by atoms with E-state index in [1.54, 1.807) is 4.90 Å². The smallest absolute Gasteiger partial charge is 0.240 e. The predicted molar refractivity (Wildman–Crippen MR) is 65.0 cm³/mol. The standard InChI is InChI=1S/C13H22N2O2/c1-10(2)12(8-14)13(17)15-7-5-3-4-6-11(15)9-16/h10-12,16H,3-7,9H2,1-2H3. The van der Waals surface area contributed by atoms with Crippen molar-refractivity contribution in [2.24, 2.45) is 11.8 Å². The van der Waals surface area contributed by atoms with Crippen LogP contribution in [-0.4, -0.2) is 35.1 Å². The number of hydrogen-bond acceptors (Lipinski definition) is 3. The number of rotatable bonds is 3. The van der Waals surface area contributed by atoms with E-state index in [1.165, 1.54) is 0 Å². The molecule has 1 amide bonds. The highest BCUT2D eigenvalue weighted by Gasteiger charge is 2.31.